The second-order valence-electron chi connectivity index (χ2n) is 6.98. The Balaban J connectivity index is 1.95. The van der Waals surface area contributed by atoms with Crippen LogP contribution in [0.4, 0.5) is 0 Å². The maximum absolute atomic E-state index is 6.60. The van der Waals surface area contributed by atoms with Gasteiger partial charge in [0.05, 0.1) is 0 Å². The van der Waals surface area contributed by atoms with Crippen LogP contribution in [0.3, 0.4) is 0 Å². The van der Waals surface area contributed by atoms with Crippen molar-refractivity contribution in [2.45, 2.75) is 64.8 Å². The fourth-order valence-electron chi connectivity index (χ4n) is 3.30. The first kappa shape index (κ1) is 14.5. The van der Waals surface area contributed by atoms with Gasteiger partial charge in [0.15, 0.2) is 0 Å². The molecule has 1 aliphatic carbocycles. The predicted molar refractivity (Wildman–Crippen MR) is 80.9 cm³/mol. The SMILES string of the molecule is CCC(C)(C)C1CCC(N)(Cc2ccccn2)CC1. The summed E-state index contributed by atoms with van der Waals surface area (Å²) >= 11 is 0. The summed E-state index contributed by atoms with van der Waals surface area (Å²) in [5.41, 5.74) is 8.17. The Hall–Kier alpha value is -0.890. The number of hydrogen-bond donors (Lipinski definition) is 1. The van der Waals surface area contributed by atoms with E-state index in [2.05, 4.69) is 37.9 Å². The van der Waals surface area contributed by atoms with E-state index in [1.54, 1.807) is 0 Å². The van der Waals surface area contributed by atoms with E-state index in [9.17, 15) is 0 Å². The molecule has 1 heterocycles. The van der Waals surface area contributed by atoms with Gasteiger partial charge in [-0.15, -0.1) is 0 Å². The molecule has 0 amide bonds. The van der Waals surface area contributed by atoms with Gasteiger partial charge in [0.25, 0.3) is 0 Å². The van der Waals surface area contributed by atoms with E-state index >= 15 is 0 Å². The van der Waals surface area contributed by atoms with Crippen LogP contribution >= 0.6 is 0 Å². The molecule has 2 N–H and O–H groups in total. The van der Waals surface area contributed by atoms with Crippen LogP contribution in [0.5, 0.6) is 0 Å². The van der Waals surface area contributed by atoms with Gasteiger partial charge in [-0.05, 0) is 49.1 Å². The van der Waals surface area contributed by atoms with Crippen molar-refractivity contribution in [3.8, 4) is 0 Å². The number of aromatic nitrogens is 1. The normalized spacial score (nSPS) is 28.3. The minimum atomic E-state index is -0.0331. The highest BCUT2D eigenvalue weighted by Crippen LogP contribution is 2.43. The molecule has 1 aliphatic rings. The van der Waals surface area contributed by atoms with Crippen molar-refractivity contribution >= 4 is 0 Å². The Bertz CT molecular complexity index is 389. The summed E-state index contributed by atoms with van der Waals surface area (Å²) in [6.07, 6.45) is 8.86. The lowest BCUT2D eigenvalue weighted by Gasteiger charge is -2.43. The lowest BCUT2D eigenvalue weighted by Crippen LogP contribution is -2.47. The Morgan fingerprint density at radius 3 is 2.53 bits per heavy atom. The number of rotatable bonds is 4. The fraction of sp³-hybridized carbons (Fsp3) is 0.706. The lowest BCUT2D eigenvalue weighted by molar-refractivity contribution is 0.115. The molecule has 0 spiro atoms. The quantitative estimate of drug-likeness (QED) is 0.890. The first-order valence-corrected chi connectivity index (χ1v) is 7.64. The van der Waals surface area contributed by atoms with Crippen LogP contribution in [0.15, 0.2) is 24.4 Å². The van der Waals surface area contributed by atoms with E-state index < -0.39 is 0 Å². The zero-order valence-electron chi connectivity index (χ0n) is 12.7. The van der Waals surface area contributed by atoms with Crippen molar-refractivity contribution in [3.05, 3.63) is 30.1 Å². The molecule has 0 atom stereocenters. The molecule has 2 heteroatoms. The summed E-state index contributed by atoms with van der Waals surface area (Å²) in [6.45, 7) is 7.11. The molecule has 0 aromatic carbocycles. The molecule has 1 aromatic heterocycles. The van der Waals surface area contributed by atoms with Crippen LogP contribution in [0.25, 0.3) is 0 Å². The van der Waals surface area contributed by atoms with E-state index in [0.29, 0.717) is 5.41 Å². The van der Waals surface area contributed by atoms with Gasteiger partial charge < -0.3 is 5.73 Å². The third kappa shape index (κ3) is 3.56. The van der Waals surface area contributed by atoms with Crippen molar-refractivity contribution in [2.24, 2.45) is 17.1 Å². The molecule has 0 bridgehead atoms. The number of nitrogens with zero attached hydrogens (tertiary/aromatic N) is 1. The number of nitrogens with two attached hydrogens (primary N) is 1. The molecule has 1 fully saturated rings. The highest BCUT2D eigenvalue weighted by Gasteiger charge is 2.37. The Kier molecular flexibility index (Phi) is 4.29. The largest absolute Gasteiger partial charge is 0.325 e. The molecule has 106 valence electrons. The molecule has 1 aromatic rings. The zero-order chi connectivity index (χ0) is 13.9. The topological polar surface area (TPSA) is 38.9 Å². The van der Waals surface area contributed by atoms with Crippen LogP contribution < -0.4 is 5.73 Å². The average molecular weight is 260 g/mol. The highest BCUT2D eigenvalue weighted by molar-refractivity contribution is 5.09. The molecule has 0 unspecified atom stereocenters. The van der Waals surface area contributed by atoms with Crippen LogP contribution in [0, 0.1) is 11.3 Å². The van der Waals surface area contributed by atoms with Gasteiger partial charge in [-0.3, -0.25) is 4.98 Å². The minimum Gasteiger partial charge on any atom is -0.325 e. The summed E-state index contributed by atoms with van der Waals surface area (Å²) in [7, 11) is 0. The smallest absolute Gasteiger partial charge is 0.0421 e. The molecule has 0 saturated heterocycles. The van der Waals surface area contributed by atoms with Crippen LogP contribution in [-0.4, -0.2) is 10.5 Å². The van der Waals surface area contributed by atoms with Crippen molar-refractivity contribution < 1.29 is 0 Å². The maximum Gasteiger partial charge on any atom is 0.0421 e. The molecule has 0 radical (unpaired) electrons. The van der Waals surface area contributed by atoms with Crippen molar-refractivity contribution in [2.75, 3.05) is 0 Å². The monoisotopic (exact) mass is 260 g/mol. The van der Waals surface area contributed by atoms with Crippen molar-refractivity contribution in [1.29, 1.82) is 0 Å². The third-order valence-electron chi connectivity index (χ3n) is 5.26. The fourth-order valence-corrected chi connectivity index (χ4v) is 3.30. The Morgan fingerprint density at radius 1 is 1.32 bits per heavy atom. The molecule has 0 aliphatic heterocycles. The summed E-state index contributed by atoms with van der Waals surface area (Å²) in [4.78, 5) is 4.42. The Labute approximate surface area is 117 Å². The van der Waals surface area contributed by atoms with Crippen LogP contribution in [-0.2, 0) is 6.42 Å². The van der Waals surface area contributed by atoms with Crippen LogP contribution in [0.1, 0.15) is 58.6 Å². The van der Waals surface area contributed by atoms with Gasteiger partial charge >= 0.3 is 0 Å². The maximum atomic E-state index is 6.60. The van der Waals surface area contributed by atoms with Crippen molar-refractivity contribution in [1.82, 2.24) is 4.98 Å². The summed E-state index contributed by atoms with van der Waals surface area (Å²) in [5, 5.41) is 0. The summed E-state index contributed by atoms with van der Waals surface area (Å²) in [5.74, 6) is 0.831. The van der Waals surface area contributed by atoms with E-state index in [-0.39, 0.29) is 5.54 Å². The standard InChI is InChI=1S/C17H28N2/c1-4-16(2,3)14-8-10-17(18,11-9-14)13-15-7-5-6-12-19-15/h5-7,12,14H,4,8-11,13,18H2,1-3H3. The highest BCUT2D eigenvalue weighted by atomic mass is 14.8. The first-order chi connectivity index (χ1) is 8.95. The van der Waals surface area contributed by atoms with E-state index in [4.69, 9.17) is 5.73 Å². The van der Waals surface area contributed by atoms with Gasteiger partial charge in [0, 0.05) is 23.9 Å². The van der Waals surface area contributed by atoms with E-state index in [1.165, 1.54) is 19.3 Å². The molecule has 2 rings (SSSR count). The number of pyridine rings is 1. The lowest BCUT2D eigenvalue weighted by atomic mass is 9.65. The predicted octanol–water partition coefficient (Wildman–Crippen LogP) is 3.95. The second-order valence-corrected chi connectivity index (χ2v) is 6.98. The molecule has 19 heavy (non-hydrogen) atoms. The van der Waals surface area contributed by atoms with Gasteiger partial charge in [0.1, 0.15) is 0 Å². The van der Waals surface area contributed by atoms with Gasteiger partial charge in [-0.2, -0.15) is 0 Å². The number of hydrogen-bond acceptors (Lipinski definition) is 2. The van der Waals surface area contributed by atoms with Crippen molar-refractivity contribution in [3.63, 3.8) is 0 Å². The zero-order valence-corrected chi connectivity index (χ0v) is 12.7. The molecular formula is C17H28N2. The molecule has 2 nitrogen and oxygen atoms in total. The second kappa shape index (κ2) is 5.62. The Morgan fingerprint density at radius 2 is 2.00 bits per heavy atom. The van der Waals surface area contributed by atoms with E-state index in [0.717, 1.165) is 30.9 Å². The summed E-state index contributed by atoms with van der Waals surface area (Å²) < 4.78 is 0. The third-order valence-corrected chi connectivity index (χ3v) is 5.26. The van der Waals surface area contributed by atoms with E-state index in [1.807, 2.05) is 12.3 Å². The summed E-state index contributed by atoms with van der Waals surface area (Å²) in [6, 6.07) is 6.11. The van der Waals surface area contributed by atoms with Gasteiger partial charge in [-0.25, -0.2) is 0 Å². The average Bonchev–Trinajstić information content (AvgIpc) is 2.40. The molecule has 1 saturated carbocycles. The molecular weight excluding hydrogens is 232 g/mol. The van der Waals surface area contributed by atoms with Crippen LogP contribution in [0.2, 0.25) is 0 Å². The van der Waals surface area contributed by atoms with Gasteiger partial charge in [0.2, 0.25) is 0 Å². The van der Waals surface area contributed by atoms with Gasteiger partial charge in [-0.1, -0.05) is 33.3 Å². The minimum absolute atomic E-state index is 0.0331. The first-order valence-electron chi connectivity index (χ1n) is 7.64.